The number of alkyl halides is 2. The van der Waals surface area contributed by atoms with Crippen molar-refractivity contribution in [3.63, 3.8) is 0 Å². The Labute approximate surface area is 178 Å². The lowest BCUT2D eigenvalue weighted by Gasteiger charge is -2.38. The molecule has 0 atom stereocenters. The van der Waals surface area contributed by atoms with Crippen LogP contribution in [0.1, 0.15) is 19.4 Å². The minimum absolute atomic E-state index is 0. The van der Waals surface area contributed by atoms with E-state index in [1.54, 1.807) is 0 Å². The average molecular weight is 524 g/mol. The van der Waals surface area contributed by atoms with E-state index in [-0.39, 0.29) is 46.7 Å². The van der Waals surface area contributed by atoms with Gasteiger partial charge in [0.1, 0.15) is 5.75 Å². The summed E-state index contributed by atoms with van der Waals surface area (Å²) in [7, 11) is 0. The fourth-order valence-electron chi connectivity index (χ4n) is 2.31. The SMILES string of the molecule is CCNC(=NCc1cc(Cl)cc(Cl)c1OC(F)F)NCC1(C)COC1.I. The van der Waals surface area contributed by atoms with Gasteiger partial charge in [0.2, 0.25) is 0 Å². The van der Waals surface area contributed by atoms with E-state index in [2.05, 4.69) is 27.3 Å². The van der Waals surface area contributed by atoms with E-state index in [9.17, 15) is 8.78 Å². The third-order valence-corrected chi connectivity index (χ3v) is 4.13. The Kier molecular flexibility index (Phi) is 9.63. The van der Waals surface area contributed by atoms with E-state index in [0.29, 0.717) is 42.8 Å². The molecule has 0 aliphatic carbocycles. The number of halogens is 5. The minimum Gasteiger partial charge on any atom is -0.433 e. The molecule has 1 saturated heterocycles. The van der Waals surface area contributed by atoms with Gasteiger partial charge in [0.15, 0.2) is 5.96 Å². The molecule has 0 aromatic heterocycles. The lowest BCUT2D eigenvalue weighted by Crippen LogP contribution is -2.51. The number of nitrogens with zero attached hydrogens (tertiary/aromatic N) is 1. The van der Waals surface area contributed by atoms with Gasteiger partial charge in [-0.15, -0.1) is 24.0 Å². The molecule has 5 nitrogen and oxygen atoms in total. The van der Waals surface area contributed by atoms with Crippen molar-refractivity contribution in [3.05, 3.63) is 27.7 Å². The van der Waals surface area contributed by atoms with Crippen molar-refractivity contribution in [1.29, 1.82) is 0 Å². The zero-order chi connectivity index (χ0) is 18.4. The molecule has 0 spiro atoms. The van der Waals surface area contributed by atoms with Gasteiger partial charge < -0.3 is 20.1 Å². The monoisotopic (exact) mass is 523 g/mol. The molecular formula is C16H22Cl2F2IN3O2. The molecule has 148 valence electrons. The smallest absolute Gasteiger partial charge is 0.387 e. The zero-order valence-corrected chi connectivity index (χ0v) is 18.3. The summed E-state index contributed by atoms with van der Waals surface area (Å²) in [5, 5.41) is 6.68. The summed E-state index contributed by atoms with van der Waals surface area (Å²) in [6, 6.07) is 2.87. The number of rotatable bonds is 7. The number of nitrogens with one attached hydrogen (secondary N) is 2. The van der Waals surface area contributed by atoms with Crippen LogP contribution in [0.2, 0.25) is 10.0 Å². The van der Waals surface area contributed by atoms with E-state index >= 15 is 0 Å². The van der Waals surface area contributed by atoms with Crippen LogP contribution in [-0.2, 0) is 11.3 Å². The van der Waals surface area contributed by atoms with Crippen LogP contribution in [0.25, 0.3) is 0 Å². The van der Waals surface area contributed by atoms with Gasteiger partial charge in [0.05, 0.1) is 24.8 Å². The number of hydrogen-bond donors (Lipinski definition) is 2. The van der Waals surface area contributed by atoms with E-state index in [1.165, 1.54) is 12.1 Å². The Bertz CT molecular complexity index is 632. The molecule has 0 saturated carbocycles. The van der Waals surface area contributed by atoms with Gasteiger partial charge in [0.25, 0.3) is 0 Å². The Balaban J connectivity index is 0.00000338. The standard InChI is InChI=1S/C16H21Cl2F2N3O2.HI/c1-3-21-15(23-7-16(2)8-24-9-16)22-6-10-4-11(17)5-12(18)13(10)25-14(19)20;/h4-5,14H,3,6-9H2,1-2H3,(H2,21,22,23);1H. The maximum atomic E-state index is 12.6. The first kappa shape index (κ1) is 23.5. The van der Waals surface area contributed by atoms with Crippen molar-refractivity contribution in [3.8, 4) is 5.75 Å². The summed E-state index contributed by atoms with van der Waals surface area (Å²) >= 11 is 11.9. The topological polar surface area (TPSA) is 54.9 Å². The lowest BCUT2D eigenvalue weighted by molar-refractivity contribution is -0.0971. The summed E-state index contributed by atoms with van der Waals surface area (Å²) in [6.45, 7) is 3.89. The quantitative estimate of drug-likeness (QED) is 0.318. The third-order valence-electron chi connectivity index (χ3n) is 3.63. The fraction of sp³-hybridized carbons (Fsp3) is 0.562. The molecule has 0 radical (unpaired) electrons. The molecule has 1 aliphatic heterocycles. The van der Waals surface area contributed by atoms with Gasteiger partial charge in [-0.2, -0.15) is 8.78 Å². The highest BCUT2D eigenvalue weighted by Gasteiger charge is 2.33. The van der Waals surface area contributed by atoms with Crippen molar-refractivity contribution >= 4 is 53.1 Å². The number of hydrogen-bond acceptors (Lipinski definition) is 3. The van der Waals surface area contributed by atoms with Gasteiger partial charge >= 0.3 is 6.61 Å². The molecule has 0 amide bonds. The molecule has 1 aromatic rings. The molecule has 1 aromatic carbocycles. The number of guanidine groups is 1. The molecule has 0 unspecified atom stereocenters. The second-order valence-corrected chi connectivity index (χ2v) is 6.95. The molecule has 10 heteroatoms. The van der Waals surface area contributed by atoms with Crippen LogP contribution in [-0.4, -0.2) is 38.9 Å². The van der Waals surface area contributed by atoms with E-state index in [0.717, 1.165) is 0 Å². The van der Waals surface area contributed by atoms with E-state index < -0.39 is 6.61 Å². The van der Waals surface area contributed by atoms with Gasteiger partial charge in [-0.05, 0) is 19.1 Å². The molecule has 1 aliphatic rings. The molecule has 0 bridgehead atoms. The fourth-order valence-corrected chi connectivity index (χ4v) is 2.89. The van der Waals surface area contributed by atoms with Gasteiger partial charge in [-0.1, -0.05) is 30.1 Å². The molecular weight excluding hydrogens is 502 g/mol. The van der Waals surface area contributed by atoms with Crippen LogP contribution < -0.4 is 15.4 Å². The Hall–Kier alpha value is -0.580. The summed E-state index contributed by atoms with van der Waals surface area (Å²) < 4.78 is 35.0. The summed E-state index contributed by atoms with van der Waals surface area (Å²) in [5.74, 6) is 0.453. The molecule has 1 fully saturated rings. The van der Waals surface area contributed by atoms with Crippen molar-refractivity contribution in [2.75, 3.05) is 26.3 Å². The first-order chi connectivity index (χ1) is 11.8. The Morgan fingerprint density at radius 1 is 1.35 bits per heavy atom. The number of benzene rings is 1. The number of ether oxygens (including phenoxy) is 2. The van der Waals surface area contributed by atoms with Crippen molar-refractivity contribution in [1.82, 2.24) is 10.6 Å². The third kappa shape index (κ3) is 6.86. The first-order valence-electron chi connectivity index (χ1n) is 7.85. The van der Waals surface area contributed by atoms with Crippen LogP contribution in [0, 0.1) is 5.41 Å². The van der Waals surface area contributed by atoms with Crippen LogP contribution >= 0.6 is 47.2 Å². The molecule has 2 N–H and O–H groups in total. The first-order valence-corrected chi connectivity index (χ1v) is 8.61. The molecule has 26 heavy (non-hydrogen) atoms. The van der Waals surface area contributed by atoms with Gasteiger partial charge in [0, 0.05) is 29.1 Å². The highest BCUT2D eigenvalue weighted by molar-refractivity contribution is 14.0. The predicted octanol–water partition coefficient (Wildman–Crippen LogP) is 4.30. The van der Waals surface area contributed by atoms with Crippen molar-refractivity contribution in [2.45, 2.75) is 27.0 Å². The van der Waals surface area contributed by atoms with E-state index in [4.69, 9.17) is 27.9 Å². The summed E-state index contributed by atoms with van der Waals surface area (Å²) in [5.41, 5.74) is 0.452. The predicted molar refractivity (Wildman–Crippen MR) is 110 cm³/mol. The molecule has 2 rings (SSSR count). The second kappa shape index (κ2) is 10.7. The van der Waals surface area contributed by atoms with Gasteiger partial charge in [-0.25, -0.2) is 4.99 Å². The lowest BCUT2D eigenvalue weighted by atomic mass is 9.89. The maximum absolute atomic E-state index is 12.6. The highest BCUT2D eigenvalue weighted by atomic mass is 127. The second-order valence-electron chi connectivity index (χ2n) is 6.11. The number of aliphatic imine (C=N–C) groups is 1. The normalized spacial score (nSPS) is 15.9. The Morgan fingerprint density at radius 3 is 2.58 bits per heavy atom. The van der Waals surface area contributed by atoms with Crippen molar-refractivity contribution < 1.29 is 18.3 Å². The van der Waals surface area contributed by atoms with Crippen LogP contribution in [0.5, 0.6) is 5.75 Å². The van der Waals surface area contributed by atoms with Gasteiger partial charge in [-0.3, -0.25) is 0 Å². The minimum atomic E-state index is -2.98. The Morgan fingerprint density at radius 2 is 2.04 bits per heavy atom. The zero-order valence-electron chi connectivity index (χ0n) is 14.5. The average Bonchev–Trinajstić information content (AvgIpc) is 2.50. The maximum Gasteiger partial charge on any atom is 0.387 e. The largest absolute Gasteiger partial charge is 0.433 e. The molecule has 1 heterocycles. The van der Waals surface area contributed by atoms with Crippen molar-refractivity contribution in [2.24, 2.45) is 10.4 Å². The van der Waals surface area contributed by atoms with Crippen LogP contribution in [0.3, 0.4) is 0 Å². The van der Waals surface area contributed by atoms with Crippen LogP contribution in [0.15, 0.2) is 17.1 Å². The van der Waals surface area contributed by atoms with E-state index in [1.807, 2.05) is 6.92 Å². The summed E-state index contributed by atoms with van der Waals surface area (Å²) in [4.78, 5) is 4.41. The summed E-state index contributed by atoms with van der Waals surface area (Å²) in [6.07, 6.45) is 0. The highest BCUT2D eigenvalue weighted by Crippen LogP contribution is 2.34. The van der Waals surface area contributed by atoms with Crippen LogP contribution in [0.4, 0.5) is 8.78 Å².